The number of rotatable bonds is 2. The third kappa shape index (κ3) is 2.33. The van der Waals surface area contributed by atoms with Crippen molar-refractivity contribution in [1.82, 2.24) is 0 Å². The van der Waals surface area contributed by atoms with E-state index in [0.29, 0.717) is 16.5 Å². The molecule has 2 aliphatic rings. The molecule has 2 aromatic carbocycles. The van der Waals surface area contributed by atoms with Crippen molar-refractivity contribution in [2.24, 2.45) is 0 Å². The highest BCUT2D eigenvalue weighted by Gasteiger charge is 2.48. The first-order valence-corrected chi connectivity index (χ1v) is 8.76. The van der Waals surface area contributed by atoms with Crippen LogP contribution in [-0.2, 0) is 4.79 Å². The molecule has 0 aliphatic heterocycles. The molecule has 0 saturated carbocycles. The Morgan fingerprint density at radius 1 is 1.25 bits per heavy atom. The summed E-state index contributed by atoms with van der Waals surface area (Å²) in [5.74, 6) is -1.92. The van der Waals surface area contributed by atoms with Crippen LogP contribution in [0.3, 0.4) is 0 Å². The second-order valence-electron chi connectivity index (χ2n) is 7.24. The molecule has 0 fully saturated rings. The number of benzene rings is 2. The van der Waals surface area contributed by atoms with Gasteiger partial charge in [-0.1, -0.05) is 12.1 Å². The average molecular weight is 382 g/mol. The molecule has 2 atom stereocenters. The van der Waals surface area contributed by atoms with Gasteiger partial charge in [0.1, 0.15) is 17.1 Å². The van der Waals surface area contributed by atoms with E-state index in [2.05, 4.69) is 0 Å². The minimum atomic E-state index is -1.91. The number of hydrogen-bond donors (Lipinski definition) is 3. The fourth-order valence-corrected chi connectivity index (χ4v) is 4.12. The van der Waals surface area contributed by atoms with Crippen molar-refractivity contribution >= 4 is 28.1 Å². The number of phenols is 1. The van der Waals surface area contributed by atoms with Crippen LogP contribution in [0.4, 0.5) is 0 Å². The first kappa shape index (κ1) is 18.3. The summed E-state index contributed by atoms with van der Waals surface area (Å²) in [6, 6.07) is 6.45. The summed E-state index contributed by atoms with van der Waals surface area (Å²) >= 11 is 0. The molecule has 0 radical (unpaired) electrons. The topological polar surface area (TPSA) is 121 Å². The van der Waals surface area contributed by atoms with E-state index in [1.165, 1.54) is 20.1 Å². The van der Waals surface area contributed by atoms with Crippen LogP contribution in [0.1, 0.15) is 40.5 Å². The van der Waals surface area contributed by atoms with Crippen LogP contribution in [0.5, 0.6) is 11.5 Å². The molecule has 4 rings (SSSR count). The molecule has 7 heteroatoms. The third-order valence-corrected chi connectivity index (χ3v) is 5.63. The van der Waals surface area contributed by atoms with Gasteiger partial charge in [0.2, 0.25) is 0 Å². The number of methoxy groups -OCH3 is 1. The van der Waals surface area contributed by atoms with Gasteiger partial charge in [-0.2, -0.15) is 0 Å². The largest absolute Gasteiger partial charge is 0.506 e. The summed E-state index contributed by atoms with van der Waals surface area (Å²) in [4.78, 5) is 38.1. The molecule has 2 aromatic rings. The van der Waals surface area contributed by atoms with Gasteiger partial charge in [0, 0.05) is 29.6 Å². The summed E-state index contributed by atoms with van der Waals surface area (Å²) in [5, 5.41) is 32.6. The first-order valence-electron chi connectivity index (χ1n) is 8.76. The molecule has 3 N–H and O–H groups in total. The molecule has 0 aromatic heterocycles. The Bertz CT molecular complexity index is 1110. The van der Waals surface area contributed by atoms with E-state index in [-0.39, 0.29) is 35.1 Å². The molecule has 0 amide bonds. The maximum Gasteiger partial charge on any atom is 0.196 e. The highest BCUT2D eigenvalue weighted by atomic mass is 16.5. The van der Waals surface area contributed by atoms with Gasteiger partial charge in [-0.15, -0.1) is 0 Å². The SMILES string of the molecule is COc1cccc2cc3c(c(O)c12)C(=O)C1=C(C[C@@](O)(C(C)=O)C[C@@H]1O)C3=O. The smallest absolute Gasteiger partial charge is 0.196 e. The van der Waals surface area contributed by atoms with Crippen molar-refractivity contribution in [3.05, 3.63) is 46.5 Å². The van der Waals surface area contributed by atoms with E-state index in [9.17, 15) is 29.7 Å². The van der Waals surface area contributed by atoms with Crippen LogP contribution in [0.15, 0.2) is 35.4 Å². The molecule has 28 heavy (non-hydrogen) atoms. The summed E-state index contributed by atoms with van der Waals surface area (Å²) in [6.45, 7) is 1.17. The number of hydrogen-bond acceptors (Lipinski definition) is 7. The molecule has 0 bridgehead atoms. The van der Waals surface area contributed by atoms with Gasteiger partial charge in [-0.25, -0.2) is 0 Å². The highest BCUT2D eigenvalue weighted by molar-refractivity contribution is 6.30. The number of phenolic OH excluding ortho intramolecular Hbond substituents is 1. The number of carbonyl (C=O) groups is 3. The average Bonchev–Trinajstić information content (AvgIpc) is 2.64. The minimum absolute atomic E-state index is 0.0259. The van der Waals surface area contributed by atoms with Crippen LogP contribution >= 0.6 is 0 Å². The maximum absolute atomic E-state index is 13.1. The lowest BCUT2D eigenvalue weighted by molar-refractivity contribution is -0.138. The lowest BCUT2D eigenvalue weighted by Crippen LogP contribution is -2.48. The maximum atomic E-state index is 13.1. The zero-order valence-corrected chi connectivity index (χ0v) is 15.3. The molecule has 0 spiro atoms. The van der Waals surface area contributed by atoms with Crippen molar-refractivity contribution in [1.29, 1.82) is 0 Å². The Balaban J connectivity index is 1.99. The van der Waals surface area contributed by atoms with Gasteiger partial charge in [0.25, 0.3) is 0 Å². The predicted molar refractivity (Wildman–Crippen MR) is 98.7 cm³/mol. The lowest BCUT2D eigenvalue weighted by atomic mass is 9.69. The molecule has 2 aliphatic carbocycles. The Kier molecular flexibility index (Phi) is 3.92. The van der Waals surface area contributed by atoms with E-state index in [1.54, 1.807) is 18.2 Å². The first-order chi connectivity index (χ1) is 13.2. The number of fused-ring (bicyclic) bond motifs is 2. The predicted octanol–water partition coefficient (Wildman–Crippen LogP) is 1.70. The molecule has 7 nitrogen and oxygen atoms in total. The normalized spacial score (nSPS) is 24.2. The van der Waals surface area contributed by atoms with Crippen molar-refractivity contribution in [3.63, 3.8) is 0 Å². The Labute approximate surface area is 159 Å². The van der Waals surface area contributed by atoms with E-state index >= 15 is 0 Å². The van der Waals surface area contributed by atoms with Crippen LogP contribution in [0.25, 0.3) is 10.8 Å². The number of aliphatic hydroxyl groups excluding tert-OH is 1. The fraction of sp³-hybridized carbons (Fsp3) is 0.286. The van der Waals surface area contributed by atoms with Crippen molar-refractivity contribution in [3.8, 4) is 11.5 Å². The number of Topliss-reactive ketones (excluding diaryl/α,β-unsaturated/α-hetero) is 3. The number of aromatic hydroxyl groups is 1. The number of ether oxygens (including phenoxy) is 1. The fourth-order valence-electron chi connectivity index (χ4n) is 4.12. The van der Waals surface area contributed by atoms with Crippen molar-refractivity contribution in [2.75, 3.05) is 7.11 Å². The quantitative estimate of drug-likeness (QED) is 0.723. The molecule has 144 valence electrons. The van der Waals surface area contributed by atoms with Crippen molar-refractivity contribution < 1.29 is 34.4 Å². The van der Waals surface area contributed by atoms with Crippen LogP contribution in [0, 0.1) is 0 Å². The lowest BCUT2D eigenvalue weighted by Gasteiger charge is -2.37. The highest BCUT2D eigenvalue weighted by Crippen LogP contribution is 2.45. The Morgan fingerprint density at radius 2 is 1.96 bits per heavy atom. The Morgan fingerprint density at radius 3 is 2.61 bits per heavy atom. The minimum Gasteiger partial charge on any atom is -0.506 e. The van der Waals surface area contributed by atoms with E-state index in [4.69, 9.17) is 4.74 Å². The summed E-state index contributed by atoms with van der Waals surface area (Å²) < 4.78 is 5.25. The van der Waals surface area contributed by atoms with E-state index in [1.807, 2.05) is 0 Å². The summed E-state index contributed by atoms with van der Waals surface area (Å²) in [5.41, 5.74) is -2.40. The van der Waals surface area contributed by atoms with Gasteiger partial charge < -0.3 is 20.1 Å². The zero-order chi connectivity index (χ0) is 20.4. The standard InChI is InChI=1S/C21H18O7/c1-9(22)21(27)7-12-16(13(23)8-21)20(26)17-11(18(12)24)6-10-4-3-5-14(28-2)15(10)19(17)25/h3-6,13,23,25,27H,7-8H2,1-2H3/t13-,21-/m0/s1. The number of carbonyl (C=O) groups excluding carboxylic acids is 3. The Hall–Kier alpha value is -3.03. The van der Waals surface area contributed by atoms with Gasteiger partial charge in [0.15, 0.2) is 17.3 Å². The molecule has 0 heterocycles. The summed E-state index contributed by atoms with van der Waals surface area (Å²) in [7, 11) is 1.43. The van der Waals surface area contributed by atoms with Crippen LogP contribution in [-0.4, -0.2) is 51.5 Å². The third-order valence-electron chi connectivity index (χ3n) is 5.63. The molecule has 0 saturated heterocycles. The van der Waals surface area contributed by atoms with Gasteiger partial charge >= 0.3 is 0 Å². The van der Waals surface area contributed by atoms with E-state index in [0.717, 1.165) is 0 Å². The van der Waals surface area contributed by atoms with Crippen molar-refractivity contribution in [2.45, 2.75) is 31.5 Å². The van der Waals surface area contributed by atoms with E-state index < -0.39 is 34.8 Å². The van der Waals surface area contributed by atoms with Gasteiger partial charge in [-0.05, 0) is 24.4 Å². The van der Waals surface area contributed by atoms with Gasteiger partial charge in [-0.3, -0.25) is 14.4 Å². The monoisotopic (exact) mass is 382 g/mol. The molecule has 0 unspecified atom stereocenters. The second kappa shape index (κ2) is 5.98. The molecular formula is C21H18O7. The number of aliphatic hydroxyl groups is 2. The zero-order valence-electron chi connectivity index (χ0n) is 15.3. The number of ketones is 3. The van der Waals surface area contributed by atoms with Crippen LogP contribution < -0.4 is 4.74 Å². The van der Waals surface area contributed by atoms with Crippen LogP contribution in [0.2, 0.25) is 0 Å². The summed E-state index contributed by atoms with van der Waals surface area (Å²) in [6.07, 6.45) is -2.22. The van der Waals surface area contributed by atoms with Gasteiger partial charge in [0.05, 0.1) is 24.2 Å². The molecular weight excluding hydrogens is 364 g/mol. The second-order valence-corrected chi connectivity index (χ2v) is 7.24.